The van der Waals surface area contributed by atoms with Gasteiger partial charge >= 0.3 is 0 Å². The molecule has 0 spiro atoms. The average molecular weight is 154 g/mol. The summed E-state index contributed by atoms with van der Waals surface area (Å²) in [6.45, 7) is 4.89. The Labute approximate surface area is 67.0 Å². The summed E-state index contributed by atoms with van der Waals surface area (Å²) in [6, 6.07) is 1.99. The molecule has 0 saturated carbocycles. The van der Waals surface area contributed by atoms with Crippen molar-refractivity contribution in [3.05, 3.63) is 18.0 Å². The second kappa shape index (κ2) is 3.53. The predicted octanol–water partition coefficient (Wildman–Crippen LogP) is 1.23. The van der Waals surface area contributed by atoms with Crippen LogP contribution in [-0.2, 0) is 11.3 Å². The van der Waals surface area contributed by atoms with Crippen molar-refractivity contribution in [3.63, 3.8) is 0 Å². The maximum absolute atomic E-state index is 5.12. The van der Waals surface area contributed by atoms with E-state index in [0.29, 0.717) is 0 Å². The Hall–Kier alpha value is -0.830. The van der Waals surface area contributed by atoms with Gasteiger partial charge in [-0.15, -0.1) is 0 Å². The Morgan fingerprint density at radius 3 is 2.91 bits per heavy atom. The standard InChI is InChI=1S/C8H14N2O/c1-7-4-5-9-10(7)6-8(2)11-3/h4-5,8H,6H2,1-3H3. The van der Waals surface area contributed by atoms with Crippen LogP contribution in [0.4, 0.5) is 0 Å². The Morgan fingerprint density at radius 2 is 2.45 bits per heavy atom. The summed E-state index contributed by atoms with van der Waals surface area (Å²) in [4.78, 5) is 0. The summed E-state index contributed by atoms with van der Waals surface area (Å²) in [5.41, 5.74) is 1.17. The largest absolute Gasteiger partial charge is 0.380 e. The smallest absolute Gasteiger partial charge is 0.0739 e. The van der Waals surface area contributed by atoms with Gasteiger partial charge in [-0.1, -0.05) is 0 Å². The van der Waals surface area contributed by atoms with Crippen molar-refractivity contribution in [2.24, 2.45) is 0 Å². The molecule has 0 radical (unpaired) electrons. The minimum Gasteiger partial charge on any atom is -0.380 e. The molecule has 0 bridgehead atoms. The molecule has 0 aliphatic heterocycles. The maximum Gasteiger partial charge on any atom is 0.0739 e. The van der Waals surface area contributed by atoms with Crippen LogP contribution in [0.2, 0.25) is 0 Å². The summed E-state index contributed by atoms with van der Waals surface area (Å²) < 4.78 is 7.06. The van der Waals surface area contributed by atoms with Gasteiger partial charge < -0.3 is 4.74 Å². The minimum atomic E-state index is 0.230. The SMILES string of the molecule is COC(C)Cn1nccc1C. The van der Waals surface area contributed by atoms with Crippen molar-refractivity contribution in [3.8, 4) is 0 Å². The molecule has 1 unspecified atom stereocenters. The van der Waals surface area contributed by atoms with Gasteiger partial charge in [-0.3, -0.25) is 4.68 Å². The fourth-order valence-electron chi connectivity index (χ4n) is 0.908. The summed E-state index contributed by atoms with van der Waals surface area (Å²) >= 11 is 0. The first-order valence-corrected chi connectivity index (χ1v) is 3.75. The molecule has 1 rings (SSSR count). The van der Waals surface area contributed by atoms with Crippen LogP contribution < -0.4 is 0 Å². The monoisotopic (exact) mass is 154 g/mol. The molecule has 1 aromatic heterocycles. The van der Waals surface area contributed by atoms with E-state index in [2.05, 4.69) is 5.10 Å². The van der Waals surface area contributed by atoms with Gasteiger partial charge in [0.05, 0.1) is 12.6 Å². The number of ether oxygens (including phenoxy) is 1. The van der Waals surface area contributed by atoms with Crippen LogP contribution >= 0.6 is 0 Å². The van der Waals surface area contributed by atoms with Crippen molar-refractivity contribution < 1.29 is 4.74 Å². The molecule has 0 N–H and O–H groups in total. The highest BCUT2D eigenvalue weighted by Gasteiger charge is 2.02. The molecule has 62 valence electrons. The number of hydrogen-bond donors (Lipinski definition) is 0. The lowest BCUT2D eigenvalue weighted by atomic mass is 10.4. The number of hydrogen-bond acceptors (Lipinski definition) is 2. The van der Waals surface area contributed by atoms with E-state index >= 15 is 0 Å². The number of methoxy groups -OCH3 is 1. The minimum absolute atomic E-state index is 0.230. The fraction of sp³-hybridized carbons (Fsp3) is 0.625. The number of aryl methyl sites for hydroxylation is 1. The highest BCUT2D eigenvalue weighted by molar-refractivity contribution is 4.96. The van der Waals surface area contributed by atoms with Gasteiger partial charge in [-0.05, 0) is 19.9 Å². The molecule has 0 aliphatic carbocycles. The third-order valence-electron chi connectivity index (χ3n) is 1.76. The van der Waals surface area contributed by atoms with Gasteiger partial charge in [-0.2, -0.15) is 5.10 Å². The van der Waals surface area contributed by atoms with E-state index in [0.717, 1.165) is 6.54 Å². The lowest BCUT2D eigenvalue weighted by Gasteiger charge is -2.10. The topological polar surface area (TPSA) is 27.1 Å². The lowest BCUT2D eigenvalue weighted by molar-refractivity contribution is 0.0992. The Balaban J connectivity index is 2.56. The van der Waals surface area contributed by atoms with Crippen LogP contribution in [0.1, 0.15) is 12.6 Å². The molecule has 1 aromatic rings. The quantitative estimate of drug-likeness (QED) is 0.654. The fourth-order valence-corrected chi connectivity index (χ4v) is 0.908. The molecule has 0 fully saturated rings. The molecule has 0 aliphatic rings. The Bertz CT molecular complexity index is 220. The predicted molar refractivity (Wildman–Crippen MR) is 43.4 cm³/mol. The Kier molecular flexibility index (Phi) is 2.65. The number of rotatable bonds is 3. The highest BCUT2D eigenvalue weighted by atomic mass is 16.5. The first-order chi connectivity index (χ1) is 5.24. The third-order valence-corrected chi connectivity index (χ3v) is 1.76. The second-order valence-corrected chi connectivity index (χ2v) is 2.70. The summed E-state index contributed by atoms with van der Waals surface area (Å²) in [6.07, 6.45) is 2.03. The van der Waals surface area contributed by atoms with Gasteiger partial charge in [0.2, 0.25) is 0 Å². The molecule has 0 aromatic carbocycles. The van der Waals surface area contributed by atoms with E-state index in [1.807, 2.05) is 24.6 Å². The number of nitrogens with zero attached hydrogens (tertiary/aromatic N) is 2. The van der Waals surface area contributed by atoms with Crippen molar-refractivity contribution in [1.82, 2.24) is 9.78 Å². The average Bonchev–Trinajstić information content (AvgIpc) is 2.37. The molecule has 3 heteroatoms. The van der Waals surface area contributed by atoms with Crippen LogP contribution in [0.3, 0.4) is 0 Å². The van der Waals surface area contributed by atoms with Gasteiger partial charge in [-0.25, -0.2) is 0 Å². The van der Waals surface area contributed by atoms with E-state index in [1.165, 1.54) is 5.69 Å². The Morgan fingerprint density at radius 1 is 1.73 bits per heavy atom. The molecular weight excluding hydrogens is 140 g/mol. The van der Waals surface area contributed by atoms with E-state index < -0.39 is 0 Å². The second-order valence-electron chi connectivity index (χ2n) is 2.70. The zero-order valence-electron chi connectivity index (χ0n) is 7.24. The third kappa shape index (κ3) is 2.05. The van der Waals surface area contributed by atoms with E-state index in [4.69, 9.17) is 4.74 Å². The van der Waals surface area contributed by atoms with E-state index in [1.54, 1.807) is 13.3 Å². The normalized spacial score (nSPS) is 13.4. The van der Waals surface area contributed by atoms with Gasteiger partial charge in [0, 0.05) is 19.0 Å². The van der Waals surface area contributed by atoms with Crippen LogP contribution in [0.25, 0.3) is 0 Å². The van der Waals surface area contributed by atoms with Crippen LogP contribution in [0, 0.1) is 6.92 Å². The lowest BCUT2D eigenvalue weighted by Crippen LogP contribution is -2.16. The summed E-state index contributed by atoms with van der Waals surface area (Å²) in [5, 5.41) is 4.14. The zero-order chi connectivity index (χ0) is 8.27. The van der Waals surface area contributed by atoms with Crippen molar-refractivity contribution in [2.45, 2.75) is 26.5 Å². The van der Waals surface area contributed by atoms with Crippen molar-refractivity contribution in [2.75, 3.05) is 7.11 Å². The van der Waals surface area contributed by atoms with Crippen LogP contribution in [0.15, 0.2) is 12.3 Å². The molecular formula is C8H14N2O. The summed E-state index contributed by atoms with van der Waals surface area (Å²) in [7, 11) is 1.71. The molecule has 0 saturated heterocycles. The first kappa shape index (κ1) is 8.27. The molecule has 1 heterocycles. The van der Waals surface area contributed by atoms with Crippen LogP contribution in [0.5, 0.6) is 0 Å². The van der Waals surface area contributed by atoms with Gasteiger partial charge in [0.15, 0.2) is 0 Å². The number of aromatic nitrogens is 2. The van der Waals surface area contributed by atoms with Crippen molar-refractivity contribution >= 4 is 0 Å². The van der Waals surface area contributed by atoms with E-state index in [-0.39, 0.29) is 6.10 Å². The van der Waals surface area contributed by atoms with Gasteiger partial charge in [0.1, 0.15) is 0 Å². The first-order valence-electron chi connectivity index (χ1n) is 3.75. The molecule has 11 heavy (non-hydrogen) atoms. The molecule has 0 amide bonds. The van der Waals surface area contributed by atoms with E-state index in [9.17, 15) is 0 Å². The van der Waals surface area contributed by atoms with Gasteiger partial charge in [0.25, 0.3) is 0 Å². The highest BCUT2D eigenvalue weighted by Crippen LogP contribution is 1.99. The summed E-state index contributed by atoms with van der Waals surface area (Å²) in [5.74, 6) is 0. The van der Waals surface area contributed by atoms with Crippen LogP contribution in [-0.4, -0.2) is 23.0 Å². The zero-order valence-corrected chi connectivity index (χ0v) is 7.24. The maximum atomic E-state index is 5.12. The molecule has 3 nitrogen and oxygen atoms in total. The molecule has 1 atom stereocenters. The van der Waals surface area contributed by atoms with Crippen molar-refractivity contribution in [1.29, 1.82) is 0 Å².